The van der Waals surface area contributed by atoms with Gasteiger partial charge in [0.2, 0.25) is 18.4 Å². The lowest BCUT2D eigenvalue weighted by Crippen LogP contribution is -2.71. The standard InChI is InChI=1S/C22H23N9O5S3/c1-36-29-14(13-10-39-21(23)26-13)17(32)27-15-18(33)31-16(20(34)35)11(9-38-19(15)31)8-37-12-2-6-30(7-3-12)28-22-24-4-5-25-22/h2-3,6-7,10,15,19H,4-5,8-9H2,1H3,(H5-,23,24,25,26,27,28,32,34,35)/p+1/b29-14-/t15-,19-/m1/s1. The molecule has 2 amide bonds. The molecule has 0 radical (unpaired) electrons. The van der Waals surface area contributed by atoms with Crippen molar-refractivity contribution in [2.24, 2.45) is 10.1 Å². The Morgan fingerprint density at radius 3 is 2.85 bits per heavy atom. The molecule has 17 heteroatoms. The number of carbonyl (C=O) groups excluding carboxylic acids is 2. The smallest absolute Gasteiger partial charge is 0.352 e. The van der Waals surface area contributed by atoms with Crippen LogP contribution in [0.1, 0.15) is 5.69 Å². The number of carboxylic acids is 1. The van der Waals surface area contributed by atoms with Crippen molar-refractivity contribution in [3.63, 3.8) is 0 Å². The highest BCUT2D eigenvalue weighted by Gasteiger charge is 2.54. The number of aliphatic carboxylic acids is 1. The number of hydrogen-bond acceptors (Lipinski definition) is 13. The maximum atomic E-state index is 13.0. The van der Waals surface area contributed by atoms with E-state index < -0.39 is 29.2 Å². The highest BCUT2D eigenvalue weighted by molar-refractivity contribution is 8.01. The van der Waals surface area contributed by atoms with Crippen LogP contribution < -0.4 is 26.5 Å². The van der Waals surface area contributed by atoms with Gasteiger partial charge in [0.25, 0.3) is 11.8 Å². The number of fused-ring (bicyclic) bond motifs is 1. The molecule has 0 saturated carbocycles. The van der Waals surface area contributed by atoms with Crippen LogP contribution in [0.2, 0.25) is 0 Å². The number of β-lactam (4-membered cyclic amide) rings is 1. The summed E-state index contributed by atoms with van der Waals surface area (Å²) >= 11 is 4.00. The number of carbonyl (C=O) groups is 3. The highest BCUT2D eigenvalue weighted by Crippen LogP contribution is 2.41. The molecule has 3 aliphatic heterocycles. The van der Waals surface area contributed by atoms with Crippen molar-refractivity contribution in [2.75, 3.05) is 42.9 Å². The largest absolute Gasteiger partial charge is 0.477 e. The topological polar surface area (TPSA) is 188 Å². The summed E-state index contributed by atoms with van der Waals surface area (Å²) < 4.78 is 1.77. The number of pyridine rings is 1. The van der Waals surface area contributed by atoms with Gasteiger partial charge in [-0.25, -0.2) is 14.8 Å². The Kier molecular flexibility index (Phi) is 7.89. The molecule has 5 rings (SSSR count). The van der Waals surface area contributed by atoms with Gasteiger partial charge in [-0.1, -0.05) is 9.83 Å². The Morgan fingerprint density at radius 1 is 1.41 bits per heavy atom. The molecule has 2 aromatic heterocycles. The molecular formula is C22H24N9O5S3+. The van der Waals surface area contributed by atoms with Crippen LogP contribution >= 0.6 is 34.9 Å². The van der Waals surface area contributed by atoms with Crippen molar-refractivity contribution in [1.82, 2.24) is 20.5 Å². The summed E-state index contributed by atoms with van der Waals surface area (Å²) in [5.74, 6) is -0.872. The number of nitrogen functional groups attached to an aromatic ring is 1. The third-order valence-corrected chi connectivity index (χ3v) is 8.93. The van der Waals surface area contributed by atoms with E-state index in [1.54, 1.807) is 10.1 Å². The first-order valence-corrected chi connectivity index (χ1v) is 14.5. The molecule has 0 aromatic carbocycles. The van der Waals surface area contributed by atoms with Gasteiger partial charge in [-0.2, -0.15) is 0 Å². The summed E-state index contributed by atoms with van der Waals surface area (Å²) in [5, 5.41) is 20.7. The van der Waals surface area contributed by atoms with Crippen LogP contribution in [-0.2, 0) is 19.2 Å². The molecule has 0 aliphatic carbocycles. The van der Waals surface area contributed by atoms with Gasteiger partial charge in [0.1, 0.15) is 29.9 Å². The van der Waals surface area contributed by atoms with E-state index in [4.69, 9.17) is 10.6 Å². The lowest BCUT2D eigenvalue weighted by Gasteiger charge is -2.49. The third kappa shape index (κ3) is 5.64. The number of rotatable bonds is 9. The van der Waals surface area contributed by atoms with Crippen LogP contribution in [0.3, 0.4) is 0 Å². The first-order valence-electron chi connectivity index (χ1n) is 11.6. The highest BCUT2D eigenvalue weighted by atomic mass is 32.2. The van der Waals surface area contributed by atoms with Crippen molar-refractivity contribution < 1.29 is 29.0 Å². The average Bonchev–Trinajstić information content (AvgIpc) is 3.60. The Morgan fingerprint density at radius 2 is 2.21 bits per heavy atom. The van der Waals surface area contributed by atoms with Crippen LogP contribution in [0.15, 0.2) is 56.2 Å². The number of hydrogen-bond donors (Lipinski definition) is 5. The Labute approximate surface area is 234 Å². The monoisotopic (exact) mass is 590 g/mol. The number of guanidine groups is 1. The number of thioether (sulfide) groups is 2. The fourth-order valence-corrected chi connectivity index (χ4v) is 6.96. The summed E-state index contributed by atoms with van der Waals surface area (Å²) in [5.41, 5.74) is 9.45. The quantitative estimate of drug-likeness (QED) is 0.0825. The van der Waals surface area contributed by atoms with Crippen LogP contribution in [-0.4, -0.2) is 87.6 Å². The molecular weight excluding hydrogens is 567 g/mol. The van der Waals surface area contributed by atoms with Gasteiger partial charge >= 0.3 is 5.97 Å². The van der Waals surface area contributed by atoms with Gasteiger partial charge in [-0.15, -0.1) is 40.3 Å². The summed E-state index contributed by atoms with van der Waals surface area (Å²) in [6.07, 6.45) is 3.69. The van der Waals surface area contributed by atoms with Crippen molar-refractivity contribution in [3.8, 4) is 0 Å². The molecule has 0 unspecified atom stereocenters. The number of amides is 2. The van der Waals surface area contributed by atoms with Crippen LogP contribution in [0.5, 0.6) is 0 Å². The number of oxime groups is 1. The second-order valence-electron chi connectivity index (χ2n) is 8.31. The van der Waals surface area contributed by atoms with Gasteiger partial charge in [-0.05, 0) is 5.57 Å². The lowest BCUT2D eigenvalue weighted by atomic mass is 10.0. The maximum absolute atomic E-state index is 13.0. The first kappa shape index (κ1) is 26.8. The van der Waals surface area contributed by atoms with E-state index in [2.05, 4.69) is 31.2 Å². The van der Waals surface area contributed by atoms with Crippen molar-refractivity contribution in [3.05, 3.63) is 46.9 Å². The lowest BCUT2D eigenvalue weighted by molar-refractivity contribution is -0.640. The van der Waals surface area contributed by atoms with Crippen molar-refractivity contribution in [2.45, 2.75) is 16.3 Å². The summed E-state index contributed by atoms with van der Waals surface area (Å²) in [6.45, 7) is 1.53. The first-order chi connectivity index (χ1) is 18.9. The summed E-state index contributed by atoms with van der Waals surface area (Å²) in [4.78, 5) is 53.4. The Hall–Kier alpha value is -3.83. The molecule has 1 fully saturated rings. The minimum Gasteiger partial charge on any atom is -0.477 e. The summed E-state index contributed by atoms with van der Waals surface area (Å²) in [6, 6.07) is 2.89. The number of nitrogens with zero attached hydrogens (tertiary/aromatic N) is 5. The number of aromatic nitrogens is 2. The maximum Gasteiger partial charge on any atom is 0.352 e. The van der Waals surface area contributed by atoms with Gasteiger partial charge < -0.3 is 26.3 Å². The molecule has 2 atom stereocenters. The molecule has 3 aliphatic rings. The van der Waals surface area contributed by atoms with Crippen LogP contribution in [0, 0.1) is 0 Å². The van der Waals surface area contributed by atoms with Crippen molar-refractivity contribution in [1.29, 1.82) is 0 Å². The molecule has 0 spiro atoms. The van der Waals surface area contributed by atoms with E-state index in [0.29, 0.717) is 23.0 Å². The number of anilines is 1. The van der Waals surface area contributed by atoms with Crippen LogP contribution in [0.25, 0.3) is 0 Å². The van der Waals surface area contributed by atoms with Gasteiger partial charge in [-0.3, -0.25) is 14.5 Å². The zero-order chi connectivity index (χ0) is 27.5. The van der Waals surface area contributed by atoms with Gasteiger partial charge in [0.05, 0.1) is 6.54 Å². The van der Waals surface area contributed by atoms with Crippen LogP contribution in [0.4, 0.5) is 5.13 Å². The van der Waals surface area contributed by atoms with E-state index in [1.165, 1.54) is 35.5 Å². The van der Waals surface area contributed by atoms with Gasteiger partial charge in [0, 0.05) is 40.5 Å². The van der Waals surface area contributed by atoms with E-state index >= 15 is 0 Å². The fourth-order valence-electron chi connectivity index (χ4n) is 4.05. The number of thiazole rings is 1. The molecule has 14 nitrogen and oxygen atoms in total. The summed E-state index contributed by atoms with van der Waals surface area (Å²) in [7, 11) is 1.28. The predicted molar refractivity (Wildman–Crippen MR) is 147 cm³/mol. The van der Waals surface area contributed by atoms with E-state index in [1.807, 2.05) is 24.5 Å². The minimum absolute atomic E-state index is 0.0437. The fraction of sp³-hybridized carbons (Fsp3) is 0.318. The number of nitrogens with two attached hydrogens (primary N) is 1. The van der Waals surface area contributed by atoms with E-state index in [9.17, 15) is 19.5 Å². The number of nitrogens with one attached hydrogen (secondary N) is 3. The second kappa shape index (κ2) is 11.5. The molecule has 39 heavy (non-hydrogen) atoms. The Bertz CT molecular complexity index is 1390. The zero-order valence-corrected chi connectivity index (χ0v) is 22.9. The second-order valence-corrected chi connectivity index (χ2v) is 11.4. The third-order valence-electron chi connectivity index (χ3n) is 5.82. The molecule has 2 aromatic rings. The average molecular weight is 591 g/mol. The normalized spacial score (nSPS) is 20.5. The molecule has 6 N–H and O–H groups in total. The molecule has 1 saturated heterocycles. The van der Waals surface area contributed by atoms with Gasteiger partial charge in [0.15, 0.2) is 10.8 Å². The van der Waals surface area contributed by atoms with Crippen molar-refractivity contribution >= 4 is 69.4 Å². The molecule has 204 valence electrons. The zero-order valence-electron chi connectivity index (χ0n) is 20.5. The Balaban J connectivity index is 1.24. The van der Waals surface area contributed by atoms with E-state index in [0.717, 1.165) is 29.3 Å². The number of carboxylic acid groups (broad SMARTS) is 1. The predicted octanol–water partition coefficient (Wildman–Crippen LogP) is -0.603. The molecule has 0 bridgehead atoms. The minimum atomic E-state index is -1.19. The number of aliphatic imine (C=N–C) groups is 1. The molecule has 5 heterocycles. The van der Waals surface area contributed by atoms with E-state index in [-0.39, 0.29) is 22.2 Å². The SMILES string of the molecule is CO/N=C(\C(=O)N[C@@H]1C(=O)N2C(C(=O)O)=C(CSc3cc[n+](NC4=NCCN4)cc3)CS[C@H]12)c1csc(N)n1.